The molecule has 4 nitrogen and oxygen atoms in total. The van der Waals surface area contributed by atoms with Gasteiger partial charge in [0.05, 0.1) is 13.2 Å². The van der Waals surface area contributed by atoms with Gasteiger partial charge < -0.3 is 9.47 Å². The summed E-state index contributed by atoms with van der Waals surface area (Å²) < 4.78 is 10.9. The molecular weight excluding hydrogens is 761 g/mol. The Morgan fingerprint density at radius 2 is 0.565 bits per heavy atom. The lowest BCUT2D eigenvalue weighted by molar-refractivity contribution is -0.144. The Morgan fingerprint density at radius 1 is 0.339 bits per heavy atom. The van der Waals surface area contributed by atoms with Crippen molar-refractivity contribution in [3.63, 3.8) is 0 Å². The number of hydrogen-bond acceptors (Lipinski definition) is 4. The number of carbonyl (C=O) groups is 2. The Balaban J connectivity index is 3.48. The summed E-state index contributed by atoms with van der Waals surface area (Å²) >= 11 is 0. The van der Waals surface area contributed by atoms with E-state index in [4.69, 9.17) is 9.47 Å². The Morgan fingerprint density at radius 3 is 0.823 bits per heavy atom. The molecule has 0 aromatic carbocycles. The monoisotopic (exact) mass is 859 g/mol. The minimum Gasteiger partial charge on any atom is -0.466 e. The van der Waals surface area contributed by atoms with Gasteiger partial charge >= 0.3 is 11.9 Å². The molecule has 4 heteroatoms. The lowest BCUT2D eigenvalue weighted by atomic mass is 10.1. The molecule has 0 aliphatic carbocycles. The quantitative estimate of drug-likeness (QED) is 0.0348. The van der Waals surface area contributed by atoms with Gasteiger partial charge in [0.2, 0.25) is 0 Å². The van der Waals surface area contributed by atoms with Crippen molar-refractivity contribution in [3.05, 3.63) is 0 Å². The molecule has 0 aromatic heterocycles. The molecule has 0 unspecified atom stereocenters. The van der Waals surface area contributed by atoms with Crippen molar-refractivity contribution >= 4 is 11.9 Å². The van der Waals surface area contributed by atoms with Gasteiger partial charge in [0, 0.05) is 38.5 Å². The molecule has 0 aliphatic heterocycles. The van der Waals surface area contributed by atoms with Crippen molar-refractivity contribution in [3.8, 4) is 47.4 Å². The van der Waals surface area contributed by atoms with Crippen LogP contribution in [-0.4, -0.2) is 25.2 Å². The van der Waals surface area contributed by atoms with Crippen LogP contribution in [0.25, 0.3) is 0 Å². The van der Waals surface area contributed by atoms with Crippen LogP contribution in [0.2, 0.25) is 0 Å². The average molecular weight is 859 g/mol. The maximum atomic E-state index is 12.1. The molecule has 0 saturated heterocycles. The highest BCUT2D eigenvalue weighted by Gasteiger charge is 2.09. The molecule has 0 rings (SSSR count). The predicted octanol–water partition coefficient (Wildman–Crippen LogP) is 17.1. The molecule has 0 spiro atoms. The summed E-state index contributed by atoms with van der Waals surface area (Å²) in [6.07, 6.45) is 49.7. The van der Waals surface area contributed by atoms with Crippen molar-refractivity contribution in [2.75, 3.05) is 13.2 Å². The van der Waals surface area contributed by atoms with E-state index in [0.717, 1.165) is 89.9 Å². The summed E-state index contributed by atoms with van der Waals surface area (Å²) in [5, 5.41) is 0. The first kappa shape index (κ1) is 59.2. The fourth-order valence-electron chi connectivity index (χ4n) is 7.60. The van der Waals surface area contributed by atoms with Gasteiger partial charge in [-0.3, -0.25) is 9.59 Å². The average Bonchev–Trinajstić information content (AvgIpc) is 3.27. The number of esters is 2. The van der Waals surface area contributed by atoms with E-state index in [-0.39, 0.29) is 11.9 Å². The van der Waals surface area contributed by atoms with Crippen LogP contribution < -0.4 is 0 Å². The molecule has 62 heavy (non-hydrogen) atoms. The lowest BCUT2D eigenvalue weighted by Crippen LogP contribution is -2.11. The molecule has 0 saturated carbocycles. The van der Waals surface area contributed by atoms with Crippen LogP contribution in [0.5, 0.6) is 0 Å². The zero-order valence-electron chi connectivity index (χ0n) is 41.3. The van der Waals surface area contributed by atoms with Crippen LogP contribution in [0.4, 0.5) is 0 Å². The van der Waals surface area contributed by atoms with Gasteiger partial charge in [-0.05, 0) is 81.0 Å². The zero-order valence-corrected chi connectivity index (χ0v) is 41.3. The minimum absolute atomic E-state index is 0.0950. The highest BCUT2D eigenvalue weighted by Crippen LogP contribution is 2.15. The van der Waals surface area contributed by atoms with E-state index in [0.29, 0.717) is 32.0 Å². The fourth-order valence-corrected chi connectivity index (χ4v) is 7.60. The topological polar surface area (TPSA) is 52.6 Å². The molecule has 354 valence electrons. The van der Waals surface area contributed by atoms with Crippen molar-refractivity contribution in [2.24, 2.45) is 5.92 Å². The zero-order chi connectivity index (χ0) is 44.9. The summed E-state index contributed by atoms with van der Waals surface area (Å²) in [6, 6.07) is 0. The maximum absolute atomic E-state index is 12.1. The highest BCUT2D eigenvalue weighted by molar-refractivity contribution is 5.69. The summed E-state index contributed by atoms with van der Waals surface area (Å²) in [5.41, 5.74) is 0. The molecule has 0 amide bonds. The first-order chi connectivity index (χ1) is 30.6. The molecule has 0 aliphatic rings. The molecular formula is C58H98O4. The van der Waals surface area contributed by atoms with Gasteiger partial charge in [-0.15, -0.1) is 0 Å². The van der Waals surface area contributed by atoms with Crippen LogP contribution in [-0.2, 0) is 19.1 Å². The van der Waals surface area contributed by atoms with Gasteiger partial charge in [0.15, 0.2) is 0 Å². The van der Waals surface area contributed by atoms with Crippen LogP contribution in [0.15, 0.2) is 0 Å². The fraction of sp³-hybridized carbons (Fsp3) is 0.828. The van der Waals surface area contributed by atoms with Gasteiger partial charge in [-0.1, -0.05) is 224 Å². The Labute approximate surface area is 386 Å². The van der Waals surface area contributed by atoms with Crippen LogP contribution in [0.1, 0.15) is 290 Å². The third kappa shape index (κ3) is 51.5. The maximum Gasteiger partial charge on any atom is 0.305 e. The molecule has 0 heterocycles. The SMILES string of the molecule is CCCCCCCCCCCCCC#CC#CCCCCCCCCC(=O)OCCC(C)CCOC(=O)CCCCCCCCC#CC#CCCCCCCCCCCCCC. The first-order valence-electron chi connectivity index (χ1n) is 26.8. The molecule has 0 N–H and O–H groups in total. The standard InChI is InChI=1S/C58H98O4/c1-4-6-8-10-12-14-16-18-20-22-24-26-28-30-32-34-36-38-40-42-44-46-48-50-57(59)61-54-52-56(3)53-55-62-58(60)51-49-47-45-43-41-39-37-35-33-31-29-27-25-23-21-19-17-15-13-11-9-7-5-2/h56H,4-27,36-55H2,1-3H3. The third-order valence-corrected chi connectivity index (χ3v) is 11.9. The highest BCUT2D eigenvalue weighted by atomic mass is 16.5. The van der Waals surface area contributed by atoms with Crippen LogP contribution >= 0.6 is 0 Å². The Kier molecular flexibility index (Phi) is 50.1. The molecule has 0 fully saturated rings. The number of rotatable bonds is 44. The van der Waals surface area contributed by atoms with Gasteiger partial charge in [0.1, 0.15) is 0 Å². The van der Waals surface area contributed by atoms with Gasteiger partial charge in [0.25, 0.3) is 0 Å². The van der Waals surface area contributed by atoms with E-state index >= 15 is 0 Å². The van der Waals surface area contributed by atoms with E-state index in [1.807, 2.05) is 0 Å². The molecule has 0 radical (unpaired) electrons. The largest absolute Gasteiger partial charge is 0.466 e. The molecule has 0 atom stereocenters. The summed E-state index contributed by atoms with van der Waals surface area (Å²) in [7, 11) is 0. The Hall–Kier alpha value is -2.82. The van der Waals surface area contributed by atoms with E-state index in [2.05, 4.69) is 68.1 Å². The van der Waals surface area contributed by atoms with Crippen molar-refractivity contribution in [2.45, 2.75) is 290 Å². The van der Waals surface area contributed by atoms with Gasteiger partial charge in [-0.25, -0.2) is 0 Å². The minimum atomic E-state index is -0.0950. The van der Waals surface area contributed by atoms with Crippen molar-refractivity contribution in [1.82, 2.24) is 0 Å². The van der Waals surface area contributed by atoms with Gasteiger partial charge in [-0.2, -0.15) is 0 Å². The summed E-state index contributed by atoms with van der Waals surface area (Å²) in [4.78, 5) is 24.3. The molecule has 0 aromatic rings. The second-order valence-corrected chi connectivity index (χ2v) is 18.1. The van der Waals surface area contributed by atoms with Crippen molar-refractivity contribution in [1.29, 1.82) is 0 Å². The number of carbonyl (C=O) groups excluding carboxylic acids is 2. The first-order valence-corrected chi connectivity index (χ1v) is 26.8. The summed E-state index contributed by atoms with van der Waals surface area (Å²) in [6.45, 7) is 7.57. The lowest BCUT2D eigenvalue weighted by Gasteiger charge is -2.12. The van der Waals surface area contributed by atoms with E-state index < -0.39 is 0 Å². The second-order valence-electron chi connectivity index (χ2n) is 18.1. The normalized spacial score (nSPS) is 10.5. The number of unbranched alkanes of at least 4 members (excludes halogenated alkanes) is 34. The Bertz CT molecular complexity index is 1140. The van der Waals surface area contributed by atoms with E-state index in [1.54, 1.807) is 0 Å². The van der Waals surface area contributed by atoms with E-state index in [1.165, 1.54) is 167 Å². The van der Waals surface area contributed by atoms with Crippen LogP contribution in [0.3, 0.4) is 0 Å². The third-order valence-electron chi connectivity index (χ3n) is 11.9. The predicted molar refractivity (Wildman–Crippen MR) is 267 cm³/mol. The molecule has 0 bridgehead atoms. The number of ether oxygens (including phenoxy) is 2. The second kappa shape index (κ2) is 52.5. The van der Waals surface area contributed by atoms with Crippen molar-refractivity contribution < 1.29 is 19.1 Å². The van der Waals surface area contributed by atoms with Crippen LogP contribution in [0, 0.1) is 53.3 Å². The summed E-state index contributed by atoms with van der Waals surface area (Å²) in [5.74, 6) is 25.1. The number of hydrogen-bond donors (Lipinski definition) is 0. The smallest absolute Gasteiger partial charge is 0.305 e. The van der Waals surface area contributed by atoms with E-state index in [9.17, 15) is 9.59 Å².